The van der Waals surface area contributed by atoms with Gasteiger partial charge >= 0.3 is 0 Å². The summed E-state index contributed by atoms with van der Waals surface area (Å²) in [5.74, 6) is -5.90. The fraction of sp³-hybridized carbons (Fsp3) is 0.333. The van der Waals surface area contributed by atoms with Crippen molar-refractivity contribution in [1.82, 2.24) is 20.9 Å². The van der Waals surface area contributed by atoms with E-state index in [0.29, 0.717) is 34.5 Å². The topological polar surface area (TPSA) is 323 Å². The summed E-state index contributed by atoms with van der Waals surface area (Å²) in [7, 11) is 0. The molecular weight excluding hydrogens is 788 g/mol. The summed E-state index contributed by atoms with van der Waals surface area (Å²) in [6.07, 6.45) is 2.67. The van der Waals surface area contributed by atoms with Crippen molar-refractivity contribution in [2.75, 3.05) is 12.3 Å². The van der Waals surface area contributed by atoms with Crippen LogP contribution in [0.4, 0.5) is 15.8 Å². The minimum absolute atomic E-state index is 0.102. The summed E-state index contributed by atoms with van der Waals surface area (Å²) in [6.45, 7) is 4.92. The molecule has 0 spiro atoms. The van der Waals surface area contributed by atoms with E-state index in [4.69, 9.17) is 34.4 Å². The molecule has 18 nitrogen and oxygen atoms in total. The first-order valence-corrected chi connectivity index (χ1v) is 19.4. The number of rotatable bonds is 21. The van der Waals surface area contributed by atoms with Crippen LogP contribution in [0.5, 0.6) is 0 Å². The van der Waals surface area contributed by atoms with Gasteiger partial charge in [0.25, 0.3) is 5.91 Å². The van der Waals surface area contributed by atoms with Gasteiger partial charge in [-0.15, -0.1) is 0 Å². The molecule has 0 aliphatic heterocycles. The largest absolute Gasteiger partial charge is 0.399 e. The summed E-state index contributed by atoms with van der Waals surface area (Å²) < 4.78 is 13.9. The number of anilines is 1. The zero-order valence-corrected chi connectivity index (χ0v) is 34.3. The number of hydrogen-bond donors (Lipinski definition) is 9. The van der Waals surface area contributed by atoms with Crippen molar-refractivity contribution in [3.8, 4) is 0 Å². The first kappa shape index (κ1) is 48.1. The highest BCUT2D eigenvalue weighted by Gasteiger charge is 2.36. The zero-order chi connectivity index (χ0) is 45.2. The Bertz CT molecular complexity index is 2080. The van der Waals surface area contributed by atoms with Gasteiger partial charge in [-0.25, -0.2) is 9.38 Å². The Morgan fingerprint density at radius 3 is 1.84 bits per heavy atom. The van der Waals surface area contributed by atoms with E-state index < -0.39 is 65.4 Å². The summed E-state index contributed by atoms with van der Waals surface area (Å²) in [5, 5.41) is 8.01. The van der Waals surface area contributed by atoms with Crippen LogP contribution in [0.3, 0.4) is 0 Å². The van der Waals surface area contributed by atoms with Gasteiger partial charge in [-0.2, -0.15) is 0 Å². The second-order valence-electron chi connectivity index (χ2n) is 14.6. The van der Waals surface area contributed by atoms with Crippen LogP contribution in [0.15, 0.2) is 88.9 Å². The Labute approximate surface area is 353 Å². The lowest BCUT2D eigenvalue weighted by molar-refractivity contribution is -0.148. The minimum atomic E-state index is -1.55. The SMILES string of the molecule is CC(=O)N(C(=O)/C=C/c1ccc(N)cc1)[C@@H](Cc1ccc(F)cc1)C(=O)N[C@@H](Cc1ccc(N=C(N)N)cc1)C(=O)N[C@@H](CC(C)C)C(=O)N[C@@H](CCCN=C(N)N)C(N)=O. The third kappa shape index (κ3) is 16.5. The lowest BCUT2D eigenvalue weighted by Crippen LogP contribution is -2.59. The van der Waals surface area contributed by atoms with Crippen LogP contribution in [-0.2, 0) is 41.6 Å². The van der Waals surface area contributed by atoms with Gasteiger partial charge in [-0.3, -0.25) is 38.7 Å². The van der Waals surface area contributed by atoms with E-state index in [1.165, 1.54) is 30.3 Å². The highest BCUT2D eigenvalue weighted by atomic mass is 19.1. The second-order valence-corrected chi connectivity index (χ2v) is 14.6. The number of nitrogen functional groups attached to an aromatic ring is 1. The maximum Gasteiger partial charge on any atom is 0.253 e. The monoisotopic (exact) mass is 842 g/mol. The van der Waals surface area contributed by atoms with E-state index in [-0.39, 0.29) is 50.1 Å². The van der Waals surface area contributed by atoms with E-state index in [1.54, 1.807) is 48.5 Å². The molecule has 0 radical (unpaired) electrons. The van der Waals surface area contributed by atoms with E-state index in [2.05, 4.69) is 25.9 Å². The molecule has 0 saturated carbocycles. The molecule has 0 aliphatic rings. The van der Waals surface area contributed by atoms with Gasteiger partial charge in [-0.05, 0) is 84.3 Å². The van der Waals surface area contributed by atoms with E-state index in [9.17, 15) is 33.2 Å². The third-order valence-electron chi connectivity index (χ3n) is 9.10. The average molecular weight is 843 g/mol. The molecule has 61 heavy (non-hydrogen) atoms. The van der Waals surface area contributed by atoms with Crippen LogP contribution < -0.4 is 50.4 Å². The van der Waals surface area contributed by atoms with Crippen molar-refractivity contribution in [2.45, 2.75) is 77.0 Å². The number of aliphatic imine (C=N–C) groups is 2. The second kappa shape index (κ2) is 23.3. The molecule has 0 fully saturated rings. The Kier molecular flexibility index (Phi) is 18.4. The number of primary amides is 1. The summed E-state index contributed by atoms with van der Waals surface area (Å²) in [4.78, 5) is 90.5. The van der Waals surface area contributed by atoms with Crippen molar-refractivity contribution >= 4 is 64.8 Å². The molecule has 15 N–H and O–H groups in total. The standard InChI is InChI=1S/C42H55FN12O6/c1-24(2)21-33(38(59)52-32(37(45)58)5-4-20-50-41(46)47)53-39(60)34(22-27-10-17-31(18-11-27)51-42(48)49)54-40(61)35(23-28-6-13-29(43)14-7-28)55(25(3)56)36(57)19-12-26-8-15-30(44)16-9-26/h6-19,24,32-35H,4-5,20-23,44H2,1-3H3,(H2,45,58)(H,52,59)(H,53,60)(H,54,61)(H4,46,47,50)(H4,48,49,51)/b19-12+/t32-,33-,34-,35-/m0/s1. The number of hydrogen-bond acceptors (Lipinski definition) is 9. The Morgan fingerprint density at radius 2 is 1.28 bits per heavy atom. The highest BCUT2D eigenvalue weighted by molar-refractivity contribution is 6.06. The third-order valence-corrected chi connectivity index (χ3v) is 9.10. The van der Waals surface area contributed by atoms with Crippen LogP contribution in [-0.4, -0.2) is 83.0 Å². The van der Waals surface area contributed by atoms with Crippen molar-refractivity contribution in [2.24, 2.45) is 44.6 Å². The summed E-state index contributed by atoms with van der Waals surface area (Å²) in [6, 6.07) is 12.8. The molecule has 0 aliphatic carbocycles. The number of imide groups is 1. The van der Waals surface area contributed by atoms with Gasteiger partial charge in [-0.1, -0.05) is 50.2 Å². The Morgan fingerprint density at radius 1 is 0.721 bits per heavy atom. The number of guanidine groups is 2. The smallest absolute Gasteiger partial charge is 0.253 e. The average Bonchev–Trinajstić information content (AvgIpc) is 3.18. The molecule has 3 aromatic carbocycles. The predicted molar refractivity (Wildman–Crippen MR) is 231 cm³/mol. The first-order valence-electron chi connectivity index (χ1n) is 19.4. The number of amides is 6. The highest BCUT2D eigenvalue weighted by Crippen LogP contribution is 2.18. The lowest BCUT2D eigenvalue weighted by atomic mass is 9.99. The van der Waals surface area contributed by atoms with Gasteiger partial charge in [0.15, 0.2) is 11.9 Å². The van der Waals surface area contributed by atoms with Gasteiger partial charge in [0.1, 0.15) is 30.0 Å². The number of benzene rings is 3. The molecule has 0 unspecified atom stereocenters. The van der Waals surface area contributed by atoms with Gasteiger partial charge in [0, 0.05) is 38.1 Å². The normalized spacial score (nSPS) is 12.9. The number of nitrogens with two attached hydrogens (primary N) is 6. The van der Waals surface area contributed by atoms with Crippen molar-refractivity contribution in [1.29, 1.82) is 0 Å². The Hall–Kier alpha value is -7.31. The number of nitrogens with zero attached hydrogens (tertiary/aromatic N) is 3. The number of carbonyl (C=O) groups excluding carboxylic acids is 6. The Balaban J connectivity index is 2.03. The molecule has 0 saturated heterocycles. The van der Waals surface area contributed by atoms with Crippen molar-refractivity contribution < 1.29 is 33.2 Å². The zero-order valence-electron chi connectivity index (χ0n) is 34.3. The van der Waals surface area contributed by atoms with Crippen molar-refractivity contribution in [3.05, 3.63) is 101 Å². The van der Waals surface area contributed by atoms with Crippen LogP contribution in [0.1, 0.15) is 56.7 Å². The van der Waals surface area contributed by atoms with Crippen LogP contribution in [0, 0.1) is 11.7 Å². The molecule has 0 bridgehead atoms. The van der Waals surface area contributed by atoms with Crippen LogP contribution in [0.25, 0.3) is 6.08 Å². The maximum absolute atomic E-state index is 14.5. The van der Waals surface area contributed by atoms with Gasteiger partial charge in [0.05, 0.1) is 5.69 Å². The summed E-state index contributed by atoms with van der Waals surface area (Å²) in [5.41, 5.74) is 35.6. The molecule has 3 aromatic rings. The molecular formula is C42H55FN12O6. The molecule has 4 atom stereocenters. The predicted octanol–water partition coefficient (Wildman–Crippen LogP) is 0.595. The molecule has 6 amide bonds. The molecule has 326 valence electrons. The fourth-order valence-corrected chi connectivity index (χ4v) is 6.13. The number of halogens is 1. The molecule has 0 aromatic heterocycles. The molecule has 3 rings (SSSR count). The first-order chi connectivity index (χ1) is 28.8. The van der Waals surface area contributed by atoms with Gasteiger partial charge in [0.2, 0.25) is 29.5 Å². The van der Waals surface area contributed by atoms with Gasteiger partial charge < -0.3 is 50.4 Å². The van der Waals surface area contributed by atoms with E-state index in [0.717, 1.165) is 17.9 Å². The van der Waals surface area contributed by atoms with Crippen LogP contribution in [0.2, 0.25) is 0 Å². The fourth-order valence-electron chi connectivity index (χ4n) is 6.13. The van der Waals surface area contributed by atoms with E-state index >= 15 is 0 Å². The van der Waals surface area contributed by atoms with E-state index in [1.807, 2.05) is 13.8 Å². The minimum Gasteiger partial charge on any atom is -0.399 e. The number of carbonyl (C=O) groups is 6. The van der Waals surface area contributed by atoms with Crippen LogP contribution >= 0.6 is 0 Å². The molecule has 0 heterocycles. The molecule has 19 heteroatoms. The number of nitrogens with one attached hydrogen (secondary N) is 3. The quantitative estimate of drug-likeness (QED) is 0.0235. The summed E-state index contributed by atoms with van der Waals surface area (Å²) >= 11 is 0. The maximum atomic E-state index is 14.5. The lowest BCUT2D eigenvalue weighted by Gasteiger charge is -2.30. The van der Waals surface area contributed by atoms with Crippen molar-refractivity contribution in [3.63, 3.8) is 0 Å².